The summed E-state index contributed by atoms with van der Waals surface area (Å²) >= 11 is 5.81. The normalized spacial score (nSPS) is 13.6. The third kappa shape index (κ3) is 5.60. The molecule has 2 aromatic rings. The molecule has 28 heavy (non-hydrogen) atoms. The van der Waals surface area contributed by atoms with Gasteiger partial charge in [-0.25, -0.2) is 0 Å². The fraction of sp³-hybridized carbons (Fsp3) is 0.250. The lowest BCUT2D eigenvalue weighted by molar-refractivity contribution is -0.385. The van der Waals surface area contributed by atoms with E-state index in [4.69, 9.17) is 21.1 Å². The lowest BCUT2D eigenvalue weighted by Gasteiger charge is -2.13. The van der Waals surface area contributed by atoms with Crippen LogP contribution in [0.1, 0.15) is 12.5 Å². The first-order valence-corrected chi connectivity index (χ1v) is 10.1. The SMILES string of the molecule is CCP(=O)(O)COc1cc(Oc2ccc(C(F)(F)F)cc2Cl)ccc1[N+](=O)[O-]. The molecule has 1 atom stereocenters. The van der Waals surface area contributed by atoms with Gasteiger partial charge in [-0.3, -0.25) is 14.7 Å². The molecular formula is C16H14ClF3NO6P. The minimum atomic E-state index is -4.58. The van der Waals surface area contributed by atoms with Gasteiger partial charge in [-0.15, -0.1) is 0 Å². The topological polar surface area (TPSA) is 98.9 Å². The largest absolute Gasteiger partial charge is 0.476 e. The molecule has 12 heteroatoms. The molecule has 2 aromatic carbocycles. The van der Waals surface area contributed by atoms with E-state index in [1.165, 1.54) is 13.0 Å². The van der Waals surface area contributed by atoms with E-state index >= 15 is 0 Å². The van der Waals surface area contributed by atoms with Crippen LogP contribution in [0.5, 0.6) is 17.2 Å². The molecule has 0 fully saturated rings. The zero-order chi connectivity index (χ0) is 21.1. The predicted molar refractivity (Wildman–Crippen MR) is 95.5 cm³/mol. The summed E-state index contributed by atoms with van der Waals surface area (Å²) < 4.78 is 60.2. The summed E-state index contributed by atoms with van der Waals surface area (Å²) in [5.41, 5.74) is -1.43. The van der Waals surface area contributed by atoms with Gasteiger partial charge in [-0.1, -0.05) is 18.5 Å². The minimum Gasteiger partial charge on any atom is -0.476 e. The first-order chi connectivity index (χ1) is 12.9. The van der Waals surface area contributed by atoms with Gasteiger partial charge in [-0.05, 0) is 24.3 Å². The van der Waals surface area contributed by atoms with Crippen LogP contribution in [0.4, 0.5) is 18.9 Å². The standard InChI is InChI=1S/C16H14ClF3NO6P/c1-2-28(24,25)9-26-15-8-11(4-5-13(15)21(22)23)27-14-6-3-10(7-12(14)17)16(18,19)20/h3-8H,2,9H2,1H3,(H,24,25). The Morgan fingerprint density at radius 2 is 1.89 bits per heavy atom. The van der Waals surface area contributed by atoms with Gasteiger partial charge in [0.25, 0.3) is 0 Å². The van der Waals surface area contributed by atoms with Gasteiger partial charge in [0.1, 0.15) is 11.5 Å². The zero-order valence-electron chi connectivity index (χ0n) is 14.3. The second-order valence-electron chi connectivity index (χ2n) is 5.57. The Labute approximate surface area is 162 Å². The fourth-order valence-corrected chi connectivity index (χ4v) is 2.72. The van der Waals surface area contributed by atoms with E-state index in [1.807, 2.05) is 0 Å². The molecule has 0 aliphatic carbocycles. The molecular weight excluding hydrogens is 426 g/mol. The van der Waals surface area contributed by atoms with Crippen LogP contribution >= 0.6 is 19.0 Å². The zero-order valence-corrected chi connectivity index (χ0v) is 15.9. The molecule has 0 aliphatic rings. The highest BCUT2D eigenvalue weighted by Gasteiger charge is 2.31. The molecule has 0 bridgehead atoms. The molecule has 0 saturated carbocycles. The maximum Gasteiger partial charge on any atom is 0.416 e. The molecule has 0 spiro atoms. The molecule has 0 saturated heterocycles. The lowest BCUT2D eigenvalue weighted by Crippen LogP contribution is -2.04. The Bertz CT molecular complexity index is 937. The summed E-state index contributed by atoms with van der Waals surface area (Å²) in [4.78, 5) is 19.9. The maximum atomic E-state index is 12.7. The summed E-state index contributed by atoms with van der Waals surface area (Å²) in [6.45, 7) is 1.46. The quantitative estimate of drug-likeness (QED) is 0.338. The third-order valence-corrected chi connectivity index (χ3v) is 5.35. The van der Waals surface area contributed by atoms with Gasteiger partial charge in [0, 0.05) is 18.3 Å². The van der Waals surface area contributed by atoms with Crippen molar-refractivity contribution in [2.45, 2.75) is 13.1 Å². The van der Waals surface area contributed by atoms with Gasteiger partial charge < -0.3 is 14.4 Å². The number of rotatable bonds is 7. The predicted octanol–water partition coefficient (Wildman–Crippen LogP) is 5.69. The molecule has 0 amide bonds. The highest BCUT2D eigenvalue weighted by Crippen LogP contribution is 2.42. The number of hydrogen-bond acceptors (Lipinski definition) is 5. The highest BCUT2D eigenvalue weighted by molar-refractivity contribution is 7.57. The number of alkyl halides is 3. The van der Waals surface area contributed by atoms with Crippen LogP contribution < -0.4 is 9.47 Å². The second-order valence-corrected chi connectivity index (χ2v) is 8.56. The molecule has 7 nitrogen and oxygen atoms in total. The molecule has 0 aromatic heterocycles. The molecule has 1 unspecified atom stereocenters. The van der Waals surface area contributed by atoms with E-state index in [1.54, 1.807) is 0 Å². The molecule has 1 N–H and O–H groups in total. The van der Waals surface area contributed by atoms with Crippen molar-refractivity contribution in [1.82, 2.24) is 0 Å². The number of nitro groups is 1. The smallest absolute Gasteiger partial charge is 0.416 e. The van der Waals surface area contributed by atoms with E-state index in [-0.39, 0.29) is 28.4 Å². The summed E-state index contributed by atoms with van der Waals surface area (Å²) in [5.74, 6) is -0.462. The molecule has 152 valence electrons. The first kappa shape index (κ1) is 22.0. The highest BCUT2D eigenvalue weighted by atomic mass is 35.5. The van der Waals surface area contributed by atoms with Gasteiger partial charge in [0.2, 0.25) is 13.1 Å². The Balaban J connectivity index is 2.30. The Kier molecular flexibility index (Phi) is 6.59. The maximum absolute atomic E-state index is 12.7. The number of ether oxygens (including phenoxy) is 2. The summed E-state index contributed by atoms with van der Waals surface area (Å²) in [7, 11) is -3.61. The number of hydrogen-bond donors (Lipinski definition) is 1. The van der Waals surface area contributed by atoms with Crippen LogP contribution in [-0.4, -0.2) is 22.3 Å². The van der Waals surface area contributed by atoms with Crippen molar-refractivity contribution in [2.75, 3.05) is 12.5 Å². The summed E-state index contributed by atoms with van der Waals surface area (Å²) in [6, 6.07) is 5.78. The van der Waals surface area contributed by atoms with Crippen LogP contribution in [0.25, 0.3) is 0 Å². The van der Waals surface area contributed by atoms with Crippen LogP contribution in [0.3, 0.4) is 0 Å². The lowest BCUT2D eigenvalue weighted by atomic mass is 10.2. The fourth-order valence-electron chi connectivity index (χ4n) is 1.97. The Hall–Kier alpha value is -2.29. The minimum absolute atomic E-state index is 0.0217. The number of nitrogens with zero attached hydrogens (tertiary/aromatic N) is 1. The van der Waals surface area contributed by atoms with Crippen LogP contribution in [0, 0.1) is 10.1 Å². The second kappa shape index (κ2) is 8.38. The van der Waals surface area contributed by atoms with Gasteiger partial charge in [0.15, 0.2) is 6.35 Å². The van der Waals surface area contributed by atoms with Crippen molar-refractivity contribution >= 4 is 24.7 Å². The van der Waals surface area contributed by atoms with Crippen molar-refractivity contribution < 1.29 is 37.0 Å². The molecule has 0 radical (unpaired) electrons. The molecule has 0 heterocycles. The van der Waals surface area contributed by atoms with Crippen molar-refractivity contribution in [2.24, 2.45) is 0 Å². The Morgan fingerprint density at radius 1 is 1.21 bits per heavy atom. The van der Waals surface area contributed by atoms with Crippen molar-refractivity contribution in [3.63, 3.8) is 0 Å². The van der Waals surface area contributed by atoms with Crippen LogP contribution in [0.15, 0.2) is 36.4 Å². The number of halogens is 4. The number of nitro benzene ring substituents is 1. The van der Waals surface area contributed by atoms with E-state index in [2.05, 4.69) is 0 Å². The average Bonchev–Trinajstić information content (AvgIpc) is 2.61. The van der Waals surface area contributed by atoms with E-state index in [0.717, 1.165) is 24.3 Å². The van der Waals surface area contributed by atoms with Crippen molar-refractivity contribution in [3.8, 4) is 17.2 Å². The van der Waals surface area contributed by atoms with Gasteiger partial charge in [0.05, 0.1) is 15.5 Å². The molecule has 0 aliphatic heterocycles. The average molecular weight is 440 g/mol. The molecule has 2 rings (SSSR count). The Morgan fingerprint density at radius 3 is 2.43 bits per heavy atom. The van der Waals surface area contributed by atoms with Crippen LogP contribution in [-0.2, 0) is 10.7 Å². The van der Waals surface area contributed by atoms with E-state index in [9.17, 15) is 32.7 Å². The van der Waals surface area contributed by atoms with Gasteiger partial charge in [-0.2, -0.15) is 13.2 Å². The third-order valence-electron chi connectivity index (χ3n) is 3.53. The van der Waals surface area contributed by atoms with Gasteiger partial charge >= 0.3 is 11.9 Å². The van der Waals surface area contributed by atoms with E-state index in [0.29, 0.717) is 6.07 Å². The summed E-state index contributed by atoms with van der Waals surface area (Å²) in [5, 5.41) is 10.8. The van der Waals surface area contributed by atoms with Crippen molar-refractivity contribution in [3.05, 3.63) is 57.1 Å². The first-order valence-electron chi connectivity index (χ1n) is 7.69. The number of benzene rings is 2. The summed E-state index contributed by atoms with van der Waals surface area (Å²) in [6.07, 6.45) is -5.30. The monoisotopic (exact) mass is 439 g/mol. The van der Waals surface area contributed by atoms with Crippen LogP contribution in [0.2, 0.25) is 5.02 Å². The van der Waals surface area contributed by atoms with E-state index < -0.39 is 36.1 Å². The van der Waals surface area contributed by atoms with Crippen molar-refractivity contribution in [1.29, 1.82) is 0 Å².